The summed E-state index contributed by atoms with van der Waals surface area (Å²) in [6.45, 7) is 9.82. The average Bonchev–Trinajstić information content (AvgIpc) is 2.25. The molecule has 0 bridgehead atoms. The molecule has 0 aromatic heterocycles. The Labute approximate surface area is 80.5 Å². The third-order valence-corrected chi connectivity index (χ3v) is 2.51. The Hall–Kier alpha value is -0.570. The Kier molecular flexibility index (Phi) is 2.96. The minimum absolute atomic E-state index is 0.230. The number of nitrogens with one attached hydrogen (secondary N) is 1. The number of hydrogen-bond acceptors (Lipinski definition) is 2. The van der Waals surface area contributed by atoms with E-state index in [-0.39, 0.29) is 11.4 Å². The predicted molar refractivity (Wildman–Crippen MR) is 53.2 cm³/mol. The summed E-state index contributed by atoms with van der Waals surface area (Å²) in [5, 5.41) is 3.20. The van der Waals surface area contributed by atoms with E-state index in [0.717, 1.165) is 13.0 Å². The van der Waals surface area contributed by atoms with Crippen LogP contribution >= 0.6 is 0 Å². The molecule has 3 nitrogen and oxygen atoms in total. The lowest BCUT2D eigenvalue weighted by atomic mass is 10.1. The zero-order valence-electron chi connectivity index (χ0n) is 9.05. The van der Waals surface area contributed by atoms with Gasteiger partial charge in [-0.1, -0.05) is 13.8 Å². The van der Waals surface area contributed by atoms with Crippen molar-refractivity contribution >= 4 is 5.91 Å². The fourth-order valence-corrected chi connectivity index (χ4v) is 1.43. The van der Waals surface area contributed by atoms with E-state index in [9.17, 15) is 4.79 Å². The molecular formula is C10H20N2O. The third kappa shape index (κ3) is 2.44. The van der Waals surface area contributed by atoms with Crippen molar-refractivity contribution < 1.29 is 4.79 Å². The van der Waals surface area contributed by atoms with Gasteiger partial charge in [-0.25, -0.2) is 0 Å². The van der Waals surface area contributed by atoms with Gasteiger partial charge in [-0.3, -0.25) is 10.1 Å². The highest BCUT2D eigenvalue weighted by Gasteiger charge is 2.37. The maximum absolute atomic E-state index is 11.7. The van der Waals surface area contributed by atoms with Gasteiger partial charge in [0.05, 0.1) is 12.2 Å². The zero-order chi connectivity index (χ0) is 10.1. The molecule has 13 heavy (non-hydrogen) atoms. The van der Waals surface area contributed by atoms with Gasteiger partial charge in [-0.05, 0) is 26.2 Å². The summed E-state index contributed by atoms with van der Waals surface area (Å²) < 4.78 is 0. The van der Waals surface area contributed by atoms with Crippen molar-refractivity contribution in [2.75, 3.05) is 13.2 Å². The van der Waals surface area contributed by atoms with E-state index in [1.807, 2.05) is 18.7 Å². The Balaban J connectivity index is 2.42. The molecule has 1 aliphatic heterocycles. The summed E-state index contributed by atoms with van der Waals surface area (Å²) >= 11 is 0. The van der Waals surface area contributed by atoms with Crippen molar-refractivity contribution in [2.24, 2.45) is 5.92 Å². The number of amides is 1. The number of hydrogen-bond donors (Lipinski definition) is 1. The van der Waals surface area contributed by atoms with E-state index in [1.165, 1.54) is 0 Å². The second-order valence-electron chi connectivity index (χ2n) is 4.71. The van der Waals surface area contributed by atoms with Crippen LogP contribution in [0.1, 0.15) is 34.1 Å². The van der Waals surface area contributed by atoms with Gasteiger partial charge in [0.15, 0.2) is 0 Å². The normalized spacial score (nSPS) is 21.6. The molecule has 0 atom stereocenters. The van der Waals surface area contributed by atoms with Crippen LogP contribution in [0, 0.1) is 5.92 Å². The van der Waals surface area contributed by atoms with Crippen molar-refractivity contribution in [3.05, 3.63) is 0 Å². The molecule has 1 aliphatic rings. The van der Waals surface area contributed by atoms with Crippen LogP contribution in [-0.2, 0) is 4.79 Å². The van der Waals surface area contributed by atoms with Crippen molar-refractivity contribution in [3.8, 4) is 0 Å². The lowest BCUT2D eigenvalue weighted by Gasteiger charge is -2.18. The highest BCUT2D eigenvalue weighted by atomic mass is 16.2. The molecule has 76 valence electrons. The van der Waals surface area contributed by atoms with Crippen molar-refractivity contribution in [1.82, 2.24) is 10.2 Å². The van der Waals surface area contributed by atoms with Crippen LogP contribution in [0.4, 0.5) is 0 Å². The van der Waals surface area contributed by atoms with Gasteiger partial charge >= 0.3 is 0 Å². The molecule has 1 amide bonds. The van der Waals surface area contributed by atoms with E-state index in [2.05, 4.69) is 19.2 Å². The molecule has 0 aromatic rings. The van der Waals surface area contributed by atoms with E-state index >= 15 is 0 Å². The average molecular weight is 184 g/mol. The van der Waals surface area contributed by atoms with E-state index < -0.39 is 0 Å². The van der Waals surface area contributed by atoms with Gasteiger partial charge in [0, 0.05) is 6.54 Å². The molecule has 0 spiro atoms. The molecule has 3 heteroatoms. The molecular weight excluding hydrogens is 164 g/mol. The Morgan fingerprint density at radius 1 is 1.54 bits per heavy atom. The summed E-state index contributed by atoms with van der Waals surface area (Å²) in [6.07, 6.45) is 1.09. The number of carbonyl (C=O) groups is 1. The van der Waals surface area contributed by atoms with Crippen LogP contribution < -0.4 is 5.32 Å². The summed E-state index contributed by atoms with van der Waals surface area (Å²) in [4.78, 5) is 13.6. The summed E-state index contributed by atoms with van der Waals surface area (Å²) in [6, 6.07) is 0. The van der Waals surface area contributed by atoms with Gasteiger partial charge in [-0.2, -0.15) is 0 Å². The van der Waals surface area contributed by atoms with Crippen molar-refractivity contribution in [1.29, 1.82) is 0 Å². The molecule has 0 aromatic carbocycles. The number of rotatable bonds is 3. The van der Waals surface area contributed by atoms with Gasteiger partial charge in [0.1, 0.15) is 0 Å². The first-order valence-electron chi connectivity index (χ1n) is 4.98. The molecule has 0 aliphatic carbocycles. The van der Waals surface area contributed by atoms with Gasteiger partial charge in [0.25, 0.3) is 0 Å². The Bertz CT molecular complexity index is 199. The molecule has 0 unspecified atom stereocenters. The second kappa shape index (κ2) is 3.66. The Morgan fingerprint density at radius 2 is 2.15 bits per heavy atom. The molecule has 1 rings (SSSR count). The maximum atomic E-state index is 11.7. The summed E-state index contributed by atoms with van der Waals surface area (Å²) in [7, 11) is 0. The van der Waals surface area contributed by atoms with Crippen LogP contribution in [0.2, 0.25) is 0 Å². The van der Waals surface area contributed by atoms with Gasteiger partial charge in [-0.15, -0.1) is 0 Å². The summed E-state index contributed by atoms with van der Waals surface area (Å²) in [5.74, 6) is 0.893. The van der Waals surface area contributed by atoms with E-state index in [1.54, 1.807) is 0 Å². The van der Waals surface area contributed by atoms with Crippen LogP contribution in [0.5, 0.6) is 0 Å². The predicted octanol–water partition coefficient (Wildman–Crippen LogP) is 1.20. The second-order valence-corrected chi connectivity index (χ2v) is 4.71. The molecule has 1 saturated heterocycles. The highest BCUT2D eigenvalue weighted by Crippen LogP contribution is 2.15. The SMILES string of the molecule is CC(C)CCN1CNC(C)(C)C1=O. The van der Waals surface area contributed by atoms with Gasteiger partial charge < -0.3 is 4.90 Å². The highest BCUT2D eigenvalue weighted by molar-refractivity contribution is 5.87. The fourth-order valence-electron chi connectivity index (χ4n) is 1.43. The minimum atomic E-state index is -0.350. The molecule has 1 fully saturated rings. The molecule has 0 saturated carbocycles. The number of nitrogens with zero attached hydrogens (tertiary/aromatic N) is 1. The first kappa shape index (κ1) is 10.5. The standard InChI is InChI=1S/C10H20N2O/c1-8(2)5-6-12-7-11-10(3,4)9(12)13/h8,11H,5-7H2,1-4H3. The molecule has 1 heterocycles. The van der Waals surface area contributed by atoms with Crippen LogP contribution in [-0.4, -0.2) is 29.6 Å². The van der Waals surface area contributed by atoms with Crippen LogP contribution in [0.15, 0.2) is 0 Å². The van der Waals surface area contributed by atoms with Crippen molar-refractivity contribution in [3.63, 3.8) is 0 Å². The van der Waals surface area contributed by atoms with E-state index in [4.69, 9.17) is 0 Å². The lowest BCUT2D eigenvalue weighted by molar-refractivity contribution is -0.131. The maximum Gasteiger partial charge on any atom is 0.243 e. The van der Waals surface area contributed by atoms with Gasteiger partial charge in [0.2, 0.25) is 5.91 Å². The van der Waals surface area contributed by atoms with E-state index in [0.29, 0.717) is 12.6 Å². The Morgan fingerprint density at radius 3 is 2.54 bits per heavy atom. The summed E-state index contributed by atoms with van der Waals surface area (Å²) in [5.41, 5.74) is -0.350. The topological polar surface area (TPSA) is 32.3 Å². The van der Waals surface area contributed by atoms with Crippen molar-refractivity contribution in [2.45, 2.75) is 39.7 Å². The monoisotopic (exact) mass is 184 g/mol. The quantitative estimate of drug-likeness (QED) is 0.715. The van der Waals surface area contributed by atoms with Crippen LogP contribution in [0.3, 0.4) is 0 Å². The zero-order valence-corrected chi connectivity index (χ0v) is 9.05. The lowest BCUT2D eigenvalue weighted by Crippen LogP contribution is -2.40. The van der Waals surface area contributed by atoms with Crippen LogP contribution in [0.25, 0.3) is 0 Å². The smallest absolute Gasteiger partial charge is 0.243 e. The largest absolute Gasteiger partial charge is 0.328 e. The fraction of sp³-hybridized carbons (Fsp3) is 0.900. The molecule has 1 N–H and O–H groups in total. The third-order valence-electron chi connectivity index (χ3n) is 2.51. The first-order chi connectivity index (χ1) is 5.93. The number of carbonyl (C=O) groups excluding carboxylic acids is 1. The first-order valence-corrected chi connectivity index (χ1v) is 4.98. The minimum Gasteiger partial charge on any atom is -0.328 e. The molecule has 0 radical (unpaired) electrons.